The van der Waals surface area contributed by atoms with Gasteiger partial charge in [0.15, 0.2) is 0 Å². The Morgan fingerprint density at radius 1 is 1.32 bits per heavy atom. The number of rotatable bonds is 5. The molecule has 2 fully saturated rings. The van der Waals surface area contributed by atoms with Crippen LogP contribution < -0.4 is 5.32 Å². The van der Waals surface area contributed by atoms with Crippen LogP contribution in [0.4, 0.5) is 17.6 Å². The maximum Gasteiger partial charge on any atom is 0.411 e. The quantitative estimate of drug-likeness (QED) is 0.353. The number of hydrogen-bond donors (Lipinski definition) is 1. The zero-order valence-corrected chi connectivity index (χ0v) is 12.0. The van der Waals surface area contributed by atoms with Gasteiger partial charge in [0.25, 0.3) is 5.91 Å². The summed E-state index contributed by atoms with van der Waals surface area (Å²) in [5, 5.41) is 1.06. The van der Waals surface area contributed by atoms with Crippen LogP contribution in [0.15, 0.2) is 0 Å². The Balaban J connectivity index is 1.82. The van der Waals surface area contributed by atoms with Crippen molar-refractivity contribution in [3.8, 4) is 0 Å². The van der Waals surface area contributed by atoms with E-state index in [4.69, 9.17) is 16.3 Å². The van der Waals surface area contributed by atoms with Crippen molar-refractivity contribution in [2.45, 2.75) is 36.2 Å². The van der Waals surface area contributed by atoms with Crippen molar-refractivity contribution in [2.24, 2.45) is 5.92 Å². The summed E-state index contributed by atoms with van der Waals surface area (Å²) < 4.78 is 59.7. The summed E-state index contributed by atoms with van der Waals surface area (Å²) in [4.78, 5) is 23.0. The number of halogens is 5. The summed E-state index contributed by atoms with van der Waals surface area (Å²) in [6.45, 7) is -1.87. The van der Waals surface area contributed by atoms with Gasteiger partial charge in [0.2, 0.25) is 11.6 Å². The van der Waals surface area contributed by atoms with Crippen molar-refractivity contribution in [3.05, 3.63) is 0 Å². The van der Waals surface area contributed by atoms with Crippen molar-refractivity contribution in [3.63, 3.8) is 0 Å². The second-order valence-corrected chi connectivity index (χ2v) is 5.83. The molecule has 0 aromatic rings. The summed E-state index contributed by atoms with van der Waals surface area (Å²) >= 11 is 5.96. The maximum atomic E-state index is 14.5. The standard InChI is InChI=1S/C12H14ClF4NO4/c13-7-4-11(14)6(9(19)18-10(11)20)3-8(7)22-2-1-21-5-12(15,16)17/h6-8H,1-5H2,(H,18,19,20). The second-order valence-electron chi connectivity index (χ2n) is 5.27. The molecule has 2 rings (SSSR count). The molecule has 5 nitrogen and oxygen atoms in total. The monoisotopic (exact) mass is 347 g/mol. The number of fused-ring (bicyclic) bond motifs is 1. The highest BCUT2D eigenvalue weighted by Gasteiger charge is 2.61. The number of imide groups is 1. The molecular formula is C12H14ClF4NO4. The van der Waals surface area contributed by atoms with Crippen molar-refractivity contribution < 1.29 is 36.6 Å². The van der Waals surface area contributed by atoms with Gasteiger partial charge in [-0.15, -0.1) is 11.6 Å². The fourth-order valence-electron chi connectivity index (χ4n) is 2.61. The van der Waals surface area contributed by atoms with Gasteiger partial charge in [0.05, 0.1) is 30.6 Å². The smallest absolute Gasteiger partial charge is 0.374 e. The first-order chi connectivity index (χ1) is 10.1. The highest BCUT2D eigenvalue weighted by atomic mass is 35.5. The van der Waals surface area contributed by atoms with Crippen LogP contribution in [0.1, 0.15) is 12.8 Å². The van der Waals surface area contributed by atoms with E-state index in [1.807, 2.05) is 5.32 Å². The fourth-order valence-corrected chi connectivity index (χ4v) is 3.01. The van der Waals surface area contributed by atoms with Crippen LogP contribution >= 0.6 is 11.6 Å². The lowest BCUT2D eigenvalue weighted by Gasteiger charge is -2.36. The summed E-state index contributed by atoms with van der Waals surface area (Å²) in [6.07, 6.45) is -5.65. The molecule has 1 N–H and O–H groups in total. The predicted molar refractivity (Wildman–Crippen MR) is 66.0 cm³/mol. The van der Waals surface area contributed by atoms with E-state index in [0.29, 0.717) is 0 Å². The molecule has 4 atom stereocenters. The Labute approximate surface area is 128 Å². The number of ether oxygens (including phenoxy) is 2. The molecule has 2 amide bonds. The highest BCUT2D eigenvalue weighted by molar-refractivity contribution is 6.22. The van der Waals surface area contributed by atoms with Crippen molar-refractivity contribution in [2.75, 3.05) is 19.8 Å². The largest absolute Gasteiger partial charge is 0.411 e. The first-order valence-corrected chi connectivity index (χ1v) is 7.01. The third-order valence-corrected chi connectivity index (χ3v) is 4.11. The molecule has 2 aliphatic rings. The van der Waals surface area contributed by atoms with E-state index < -0.39 is 47.7 Å². The van der Waals surface area contributed by atoms with Gasteiger partial charge in [0, 0.05) is 6.42 Å². The van der Waals surface area contributed by atoms with Crippen LogP contribution in [0.3, 0.4) is 0 Å². The molecule has 0 aromatic carbocycles. The highest BCUT2D eigenvalue weighted by Crippen LogP contribution is 2.43. The average Bonchev–Trinajstić information content (AvgIpc) is 2.59. The third kappa shape index (κ3) is 3.69. The van der Waals surface area contributed by atoms with Crippen LogP contribution in [-0.4, -0.2) is 55.0 Å². The van der Waals surface area contributed by atoms with E-state index in [2.05, 4.69) is 4.74 Å². The SMILES string of the molecule is O=C1NC(=O)C2(F)CC(Cl)C(OCCOCC(F)(F)F)CC12. The minimum Gasteiger partial charge on any atom is -0.374 e. The van der Waals surface area contributed by atoms with Crippen LogP contribution in [-0.2, 0) is 19.1 Å². The van der Waals surface area contributed by atoms with Crippen LogP contribution in [0, 0.1) is 5.92 Å². The van der Waals surface area contributed by atoms with E-state index >= 15 is 0 Å². The molecule has 1 saturated heterocycles. The van der Waals surface area contributed by atoms with Crippen molar-refractivity contribution >= 4 is 23.4 Å². The third-order valence-electron chi connectivity index (χ3n) is 3.67. The first-order valence-electron chi connectivity index (χ1n) is 6.58. The van der Waals surface area contributed by atoms with Gasteiger partial charge in [-0.05, 0) is 6.42 Å². The Bertz CT molecular complexity index is 461. The van der Waals surface area contributed by atoms with E-state index in [9.17, 15) is 27.2 Å². The normalized spacial score (nSPS) is 35.4. The first kappa shape index (κ1) is 17.4. The Kier molecular flexibility index (Phi) is 4.98. The summed E-state index contributed by atoms with van der Waals surface area (Å²) in [7, 11) is 0. The fraction of sp³-hybridized carbons (Fsp3) is 0.833. The zero-order chi connectivity index (χ0) is 16.5. The van der Waals surface area contributed by atoms with Gasteiger partial charge in [-0.1, -0.05) is 0 Å². The molecule has 0 spiro atoms. The number of amides is 2. The van der Waals surface area contributed by atoms with Gasteiger partial charge in [-0.2, -0.15) is 13.2 Å². The van der Waals surface area contributed by atoms with Gasteiger partial charge in [-0.3, -0.25) is 14.9 Å². The van der Waals surface area contributed by atoms with Gasteiger partial charge >= 0.3 is 6.18 Å². The molecule has 1 aliphatic carbocycles. The second kappa shape index (κ2) is 6.29. The van der Waals surface area contributed by atoms with Crippen LogP contribution in [0.25, 0.3) is 0 Å². The van der Waals surface area contributed by atoms with Gasteiger partial charge < -0.3 is 9.47 Å². The topological polar surface area (TPSA) is 64.6 Å². The minimum atomic E-state index is -4.42. The number of carbonyl (C=O) groups is 2. The van der Waals surface area contributed by atoms with Crippen molar-refractivity contribution in [1.82, 2.24) is 5.32 Å². The predicted octanol–water partition coefficient (Wildman–Crippen LogP) is 1.33. The minimum absolute atomic E-state index is 0.110. The van der Waals surface area contributed by atoms with Crippen LogP contribution in [0.2, 0.25) is 0 Å². The molecule has 22 heavy (non-hydrogen) atoms. The molecule has 0 radical (unpaired) electrons. The number of hydrogen-bond acceptors (Lipinski definition) is 4. The molecule has 10 heteroatoms. The Morgan fingerprint density at radius 3 is 2.64 bits per heavy atom. The van der Waals surface area contributed by atoms with E-state index in [1.54, 1.807) is 0 Å². The number of carbonyl (C=O) groups excluding carboxylic acids is 2. The van der Waals surface area contributed by atoms with E-state index in [0.717, 1.165) is 0 Å². The summed E-state index contributed by atoms with van der Waals surface area (Å²) in [5.74, 6) is -2.91. The molecule has 126 valence electrons. The molecule has 0 aromatic heterocycles. The Morgan fingerprint density at radius 2 is 2.00 bits per heavy atom. The van der Waals surface area contributed by atoms with Gasteiger partial charge in [-0.25, -0.2) is 4.39 Å². The lowest BCUT2D eigenvalue weighted by molar-refractivity contribution is -0.178. The average molecular weight is 348 g/mol. The zero-order valence-electron chi connectivity index (χ0n) is 11.3. The van der Waals surface area contributed by atoms with E-state index in [-0.39, 0.29) is 26.1 Å². The molecule has 4 unspecified atom stereocenters. The van der Waals surface area contributed by atoms with Crippen LogP contribution in [0.5, 0.6) is 0 Å². The molecule has 0 bridgehead atoms. The molecule has 1 aliphatic heterocycles. The summed E-state index contributed by atoms with van der Waals surface area (Å²) in [6, 6.07) is 0. The van der Waals surface area contributed by atoms with Gasteiger partial charge in [0.1, 0.15) is 6.61 Å². The van der Waals surface area contributed by atoms with Crippen molar-refractivity contribution in [1.29, 1.82) is 0 Å². The number of alkyl halides is 5. The Hall–Kier alpha value is -0.930. The molecular weight excluding hydrogens is 334 g/mol. The molecule has 1 heterocycles. The van der Waals surface area contributed by atoms with E-state index in [1.165, 1.54) is 0 Å². The lowest BCUT2D eigenvalue weighted by atomic mass is 9.76. The lowest BCUT2D eigenvalue weighted by Crippen LogP contribution is -2.49. The summed E-state index contributed by atoms with van der Waals surface area (Å²) in [5.41, 5.74) is -2.34. The molecule has 1 saturated carbocycles. The maximum absolute atomic E-state index is 14.5. The number of nitrogens with one attached hydrogen (secondary N) is 1.